The number of nitrogens with zero attached hydrogens (tertiary/aromatic N) is 2. The van der Waals surface area contributed by atoms with Gasteiger partial charge in [-0.25, -0.2) is 0 Å². The van der Waals surface area contributed by atoms with Crippen LogP contribution < -0.4 is 4.90 Å². The topological polar surface area (TPSA) is 21.3 Å². The Labute approximate surface area is 336 Å². The van der Waals surface area contributed by atoms with Crippen molar-refractivity contribution in [1.29, 1.82) is 0 Å². The van der Waals surface area contributed by atoms with Crippen molar-refractivity contribution >= 4 is 71.6 Å². The van der Waals surface area contributed by atoms with Crippen LogP contribution in [0, 0.1) is 0 Å². The lowest BCUT2D eigenvalue weighted by Gasteiger charge is -2.30. The first-order valence-electron chi connectivity index (χ1n) is 20.1. The van der Waals surface area contributed by atoms with Gasteiger partial charge in [-0.3, -0.25) is 0 Å². The average molecular weight is 743 g/mol. The van der Waals surface area contributed by atoms with Crippen molar-refractivity contribution in [3.05, 3.63) is 205 Å². The van der Waals surface area contributed by atoms with Crippen LogP contribution in [0.4, 0.5) is 17.1 Å². The minimum atomic E-state index is -0.231. The van der Waals surface area contributed by atoms with Gasteiger partial charge in [-0.05, 0) is 93.4 Å². The molecule has 0 saturated heterocycles. The molecule has 0 amide bonds. The van der Waals surface area contributed by atoms with Crippen LogP contribution in [-0.2, 0) is 5.41 Å². The lowest BCUT2D eigenvalue weighted by molar-refractivity contribution is 0.657. The van der Waals surface area contributed by atoms with E-state index in [1.807, 2.05) is 0 Å². The summed E-state index contributed by atoms with van der Waals surface area (Å²) in [4.78, 5) is 2.47. The molecule has 2 aromatic heterocycles. The van der Waals surface area contributed by atoms with E-state index in [1.54, 1.807) is 0 Å². The van der Waals surface area contributed by atoms with Crippen molar-refractivity contribution in [2.45, 2.75) is 19.3 Å². The zero-order valence-electron chi connectivity index (χ0n) is 32.3. The second-order valence-corrected chi connectivity index (χ2v) is 16.1. The zero-order valence-corrected chi connectivity index (χ0v) is 32.3. The second-order valence-electron chi connectivity index (χ2n) is 16.1. The van der Waals surface area contributed by atoms with E-state index in [0.29, 0.717) is 0 Å². The van der Waals surface area contributed by atoms with Crippen molar-refractivity contribution in [2.75, 3.05) is 4.90 Å². The van der Waals surface area contributed by atoms with Gasteiger partial charge >= 0.3 is 0 Å². The third kappa shape index (κ3) is 4.62. The van der Waals surface area contributed by atoms with Crippen LogP contribution >= 0.6 is 0 Å². The highest BCUT2D eigenvalue weighted by Gasteiger charge is 2.39. The molecule has 1 aliphatic carbocycles. The van der Waals surface area contributed by atoms with Gasteiger partial charge in [-0.2, -0.15) is 0 Å². The number of benzene rings is 9. The summed E-state index contributed by atoms with van der Waals surface area (Å²) in [7, 11) is 0. The predicted octanol–water partition coefficient (Wildman–Crippen LogP) is 15.3. The van der Waals surface area contributed by atoms with E-state index in [-0.39, 0.29) is 5.41 Å². The molecule has 0 bridgehead atoms. The highest BCUT2D eigenvalue weighted by atomic mass is 16.3. The van der Waals surface area contributed by atoms with E-state index >= 15 is 0 Å². The van der Waals surface area contributed by atoms with Crippen molar-refractivity contribution in [3.8, 4) is 27.9 Å². The van der Waals surface area contributed by atoms with Crippen molar-refractivity contribution in [1.82, 2.24) is 4.57 Å². The number of fused-ring (bicyclic) bond motifs is 11. The average Bonchev–Trinajstić information content (AvgIpc) is 3.90. The van der Waals surface area contributed by atoms with Gasteiger partial charge < -0.3 is 13.9 Å². The number of anilines is 3. The summed E-state index contributed by atoms with van der Waals surface area (Å²) in [6.45, 7) is 4.74. The van der Waals surface area contributed by atoms with Crippen LogP contribution in [0.25, 0.3) is 82.5 Å². The van der Waals surface area contributed by atoms with Gasteiger partial charge in [0, 0.05) is 43.7 Å². The summed E-state index contributed by atoms with van der Waals surface area (Å²) in [5.41, 5.74) is 15.8. The Balaban J connectivity index is 1.21. The van der Waals surface area contributed by atoms with E-state index in [0.717, 1.165) is 44.7 Å². The molecule has 9 aromatic carbocycles. The van der Waals surface area contributed by atoms with Crippen molar-refractivity contribution in [3.63, 3.8) is 0 Å². The normalized spacial score (nSPS) is 13.1. The molecule has 0 radical (unpaired) electrons. The first-order chi connectivity index (χ1) is 28.6. The van der Waals surface area contributed by atoms with Crippen LogP contribution in [0.3, 0.4) is 0 Å². The van der Waals surface area contributed by atoms with E-state index in [4.69, 9.17) is 4.42 Å². The summed E-state index contributed by atoms with van der Waals surface area (Å²) in [6.07, 6.45) is 0. The van der Waals surface area contributed by atoms with Gasteiger partial charge in [0.15, 0.2) is 5.58 Å². The van der Waals surface area contributed by atoms with E-state index in [1.165, 1.54) is 66.0 Å². The molecule has 0 fully saturated rings. The monoisotopic (exact) mass is 742 g/mol. The number of rotatable bonds is 5. The first-order valence-corrected chi connectivity index (χ1v) is 20.1. The molecule has 58 heavy (non-hydrogen) atoms. The molecule has 11 aromatic rings. The molecule has 0 atom stereocenters. The lowest BCUT2D eigenvalue weighted by atomic mass is 9.82. The van der Waals surface area contributed by atoms with Crippen LogP contribution in [-0.4, -0.2) is 4.57 Å². The van der Waals surface area contributed by atoms with Gasteiger partial charge in [0.2, 0.25) is 0 Å². The standard InChI is InChI=1S/C55H38N2O/c1-55(2)45-26-14-11-24-42(45)52-46(55)34-50(54-53(52)43-25-13-16-28-51(43)58-54)57(48-32-30-38(35-17-5-3-6-18-35)39-21-9-10-22-40(39)48)37-29-31-49-44(33-37)41-23-12-15-27-47(41)56(49)36-19-7-4-8-20-36/h3-34H,1-2H3. The summed E-state index contributed by atoms with van der Waals surface area (Å²) >= 11 is 0. The molecule has 3 heteroatoms. The Hall–Kier alpha value is -7.36. The summed E-state index contributed by atoms with van der Waals surface area (Å²) in [5, 5.41) is 7.08. The molecule has 0 spiro atoms. The molecule has 1 aliphatic rings. The quantitative estimate of drug-likeness (QED) is 0.175. The van der Waals surface area contributed by atoms with E-state index in [2.05, 4.69) is 217 Å². The predicted molar refractivity (Wildman–Crippen MR) is 243 cm³/mol. The molecular weight excluding hydrogens is 705 g/mol. The molecular formula is C55H38N2O. The molecule has 0 aliphatic heterocycles. The van der Waals surface area contributed by atoms with Gasteiger partial charge in [0.1, 0.15) is 5.58 Å². The van der Waals surface area contributed by atoms with Gasteiger partial charge in [-0.1, -0.05) is 153 Å². The molecule has 2 heterocycles. The maximum absolute atomic E-state index is 7.10. The summed E-state index contributed by atoms with van der Waals surface area (Å²) in [6, 6.07) is 70.5. The highest BCUT2D eigenvalue weighted by Crippen LogP contribution is 2.57. The fourth-order valence-corrected chi connectivity index (χ4v) is 9.92. The van der Waals surface area contributed by atoms with Crippen LogP contribution in [0.5, 0.6) is 0 Å². The van der Waals surface area contributed by atoms with Gasteiger partial charge in [0.05, 0.1) is 22.4 Å². The lowest BCUT2D eigenvalue weighted by Crippen LogP contribution is -2.17. The van der Waals surface area contributed by atoms with Crippen molar-refractivity contribution in [2.24, 2.45) is 0 Å². The minimum Gasteiger partial charge on any atom is -0.454 e. The Bertz CT molecular complexity index is 3430. The Morgan fingerprint density at radius 3 is 1.95 bits per heavy atom. The SMILES string of the molecule is CC1(C)c2ccccc2-c2c1cc(N(c1ccc3c(c1)c1ccccc1n3-c1ccccc1)c1ccc(-c3ccccc3)c3ccccc13)c1oc3ccccc3c21. The number of furan rings is 1. The Kier molecular flexibility index (Phi) is 6.98. The number of hydrogen-bond acceptors (Lipinski definition) is 2. The molecule has 0 unspecified atom stereocenters. The van der Waals surface area contributed by atoms with Crippen LogP contribution in [0.15, 0.2) is 199 Å². The van der Waals surface area contributed by atoms with Crippen LogP contribution in [0.1, 0.15) is 25.0 Å². The maximum Gasteiger partial charge on any atom is 0.160 e. The maximum atomic E-state index is 7.10. The zero-order chi connectivity index (χ0) is 38.5. The number of aromatic nitrogens is 1. The molecule has 3 nitrogen and oxygen atoms in total. The Morgan fingerprint density at radius 1 is 0.466 bits per heavy atom. The number of para-hydroxylation sites is 3. The molecule has 0 saturated carbocycles. The molecule has 12 rings (SSSR count). The molecule has 274 valence electrons. The fourth-order valence-electron chi connectivity index (χ4n) is 9.92. The minimum absolute atomic E-state index is 0.231. The first kappa shape index (κ1) is 32.8. The van der Waals surface area contributed by atoms with Crippen molar-refractivity contribution < 1.29 is 4.42 Å². The third-order valence-electron chi connectivity index (χ3n) is 12.6. The summed E-state index contributed by atoms with van der Waals surface area (Å²) in [5.74, 6) is 0. The van der Waals surface area contributed by atoms with E-state index in [9.17, 15) is 0 Å². The smallest absolute Gasteiger partial charge is 0.160 e. The van der Waals surface area contributed by atoms with Crippen LogP contribution in [0.2, 0.25) is 0 Å². The number of hydrogen-bond donors (Lipinski definition) is 0. The third-order valence-corrected chi connectivity index (χ3v) is 12.6. The largest absolute Gasteiger partial charge is 0.454 e. The Morgan fingerprint density at radius 2 is 1.12 bits per heavy atom. The fraction of sp³-hybridized carbons (Fsp3) is 0.0545. The summed E-state index contributed by atoms with van der Waals surface area (Å²) < 4.78 is 9.48. The highest BCUT2D eigenvalue weighted by molar-refractivity contribution is 6.20. The molecule has 0 N–H and O–H groups in total. The van der Waals surface area contributed by atoms with E-state index < -0.39 is 0 Å². The second kappa shape index (κ2) is 12.3. The van der Waals surface area contributed by atoms with Gasteiger partial charge in [0.25, 0.3) is 0 Å². The van der Waals surface area contributed by atoms with Gasteiger partial charge in [-0.15, -0.1) is 0 Å².